The van der Waals surface area contributed by atoms with Crippen LogP contribution in [0.5, 0.6) is 0 Å². The fourth-order valence-electron chi connectivity index (χ4n) is 2.78. The lowest BCUT2D eigenvalue weighted by Gasteiger charge is -2.28. The lowest BCUT2D eigenvalue weighted by atomic mass is 9.87. The number of nitrogens with one attached hydrogen (secondary N) is 1. The Balaban J connectivity index is 2.38. The third-order valence-electron chi connectivity index (χ3n) is 3.87. The largest absolute Gasteiger partial charge is 0.378 e. The molecule has 112 valence electrons. The maximum Gasteiger partial charge on any atom is 0.145 e. The van der Waals surface area contributed by atoms with Gasteiger partial charge in [-0.2, -0.15) is 0 Å². The zero-order valence-corrected chi connectivity index (χ0v) is 13.3. The molecular weight excluding hydrogens is 328 g/mol. The van der Waals surface area contributed by atoms with E-state index in [1.165, 1.54) is 12.1 Å². The van der Waals surface area contributed by atoms with Crippen LogP contribution in [0.1, 0.15) is 38.3 Å². The van der Waals surface area contributed by atoms with Crippen molar-refractivity contribution in [2.75, 3.05) is 13.2 Å². The molecule has 3 unspecified atom stereocenters. The molecule has 0 amide bonds. The first kappa shape index (κ1) is 15.9. The molecule has 3 atom stereocenters. The highest BCUT2D eigenvalue weighted by Gasteiger charge is 2.35. The van der Waals surface area contributed by atoms with Crippen LogP contribution in [-0.2, 0) is 4.74 Å². The van der Waals surface area contributed by atoms with Crippen LogP contribution >= 0.6 is 15.9 Å². The van der Waals surface area contributed by atoms with Crippen molar-refractivity contribution >= 4 is 15.9 Å². The number of hydrogen-bond acceptors (Lipinski definition) is 2. The molecule has 0 saturated carbocycles. The monoisotopic (exact) mass is 347 g/mol. The molecule has 1 N–H and O–H groups in total. The van der Waals surface area contributed by atoms with Crippen molar-refractivity contribution < 1.29 is 13.5 Å². The molecule has 0 aliphatic carbocycles. The second kappa shape index (κ2) is 6.96. The van der Waals surface area contributed by atoms with Crippen LogP contribution in [0.25, 0.3) is 0 Å². The predicted molar refractivity (Wildman–Crippen MR) is 78.6 cm³/mol. The van der Waals surface area contributed by atoms with Gasteiger partial charge < -0.3 is 10.1 Å². The molecule has 1 fully saturated rings. The Bertz CT molecular complexity index is 469. The van der Waals surface area contributed by atoms with Crippen LogP contribution < -0.4 is 5.32 Å². The fraction of sp³-hybridized carbons (Fsp3) is 0.600. The van der Waals surface area contributed by atoms with Gasteiger partial charge in [0.05, 0.1) is 10.6 Å². The molecule has 2 rings (SSSR count). The van der Waals surface area contributed by atoms with Crippen LogP contribution in [0.15, 0.2) is 16.6 Å². The van der Waals surface area contributed by atoms with Gasteiger partial charge >= 0.3 is 0 Å². The van der Waals surface area contributed by atoms with Gasteiger partial charge in [0.15, 0.2) is 0 Å². The zero-order valence-electron chi connectivity index (χ0n) is 11.8. The van der Waals surface area contributed by atoms with Crippen molar-refractivity contribution in [2.45, 2.75) is 38.8 Å². The van der Waals surface area contributed by atoms with Gasteiger partial charge in [-0.3, -0.25) is 0 Å². The Morgan fingerprint density at radius 2 is 2.20 bits per heavy atom. The number of ether oxygens (including phenoxy) is 1. The maximum atomic E-state index is 14.4. The topological polar surface area (TPSA) is 21.3 Å². The van der Waals surface area contributed by atoms with E-state index in [-0.39, 0.29) is 23.6 Å². The summed E-state index contributed by atoms with van der Waals surface area (Å²) < 4.78 is 34.4. The summed E-state index contributed by atoms with van der Waals surface area (Å²) in [5.41, 5.74) is 0.121. The van der Waals surface area contributed by atoms with E-state index in [9.17, 15) is 8.78 Å². The van der Waals surface area contributed by atoms with E-state index in [0.29, 0.717) is 11.1 Å². The SMILES string of the molecule is CCCNC(c1c(F)ccc(Br)c1F)C1CCOC1C. The molecule has 20 heavy (non-hydrogen) atoms. The first-order valence-corrected chi connectivity index (χ1v) is 7.84. The van der Waals surface area contributed by atoms with Crippen LogP contribution in [0.3, 0.4) is 0 Å². The lowest BCUT2D eigenvalue weighted by molar-refractivity contribution is 0.0944. The Labute approximate surface area is 127 Å². The van der Waals surface area contributed by atoms with E-state index in [0.717, 1.165) is 19.4 Å². The number of rotatable bonds is 5. The highest BCUT2D eigenvalue weighted by molar-refractivity contribution is 9.10. The lowest BCUT2D eigenvalue weighted by Crippen LogP contribution is -2.34. The number of hydrogen-bond donors (Lipinski definition) is 1. The van der Waals surface area contributed by atoms with Crippen LogP contribution in [0.4, 0.5) is 8.78 Å². The van der Waals surface area contributed by atoms with E-state index >= 15 is 0 Å². The van der Waals surface area contributed by atoms with Crippen LogP contribution in [0, 0.1) is 17.6 Å². The molecule has 1 heterocycles. The van der Waals surface area contributed by atoms with Crippen LogP contribution in [0.2, 0.25) is 0 Å². The molecule has 1 saturated heterocycles. The molecule has 2 nitrogen and oxygen atoms in total. The summed E-state index contributed by atoms with van der Waals surface area (Å²) in [7, 11) is 0. The molecule has 0 bridgehead atoms. The highest BCUT2D eigenvalue weighted by atomic mass is 79.9. The minimum atomic E-state index is -0.516. The highest BCUT2D eigenvalue weighted by Crippen LogP contribution is 2.37. The van der Waals surface area contributed by atoms with Gasteiger partial charge in [0, 0.05) is 24.1 Å². The Hall–Kier alpha value is -0.520. The molecular formula is C15H20BrF2NO. The van der Waals surface area contributed by atoms with Gasteiger partial charge in [-0.25, -0.2) is 8.78 Å². The van der Waals surface area contributed by atoms with Crippen molar-refractivity contribution in [3.05, 3.63) is 33.8 Å². The number of benzene rings is 1. The quantitative estimate of drug-likeness (QED) is 0.806. The Morgan fingerprint density at radius 1 is 1.45 bits per heavy atom. The molecule has 1 aliphatic heterocycles. The molecule has 1 aromatic rings. The van der Waals surface area contributed by atoms with Crippen molar-refractivity contribution in [2.24, 2.45) is 5.92 Å². The summed E-state index contributed by atoms with van der Waals surface area (Å²) >= 11 is 3.14. The van der Waals surface area contributed by atoms with E-state index in [1.807, 2.05) is 13.8 Å². The van der Waals surface area contributed by atoms with Crippen molar-refractivity contribution in [1.82, 2.24) is 5.32 Å². The molecule has 0 spiro atoms. The third kappa shape index (κ3) is 3.21. The number of halogens is 3. The van der Waals surface area contributed by atoms with E-state index < -0.39 is 11.6 Å². The first-order valence-electron chi connectivity index (χ1n) is 7.04. The first-order chi connectivity index (χ1) is 9.56. The van der Waals surface area contributed by atoms with Crippen molar-refractivity contribution in [3.63, 3.8) is 0 Å². The Kier molecular flexibility index (Phi) is 5.52. The van der Waals surface area contributed by atoms with Gasteiger partial charge in [-0.1, -0.05) is 6.92 Å². The summed E-state index contributed by atoms with van der Waals surface area (Å²) in [5.74, 6) is -0.934. The average molecular weight is 348 g/mol. The van der Waals surface area contributed by atoms with Crippen molar-refractivity contribution in [3.8, 4) is 0 Å². The molecule has 1 aliphatic rings. The van der Waals surface area contributed by atoms with Gasteiger partial charge in [-0.15, -0.1) is 0 Å². The van der Waals surface area contributed by atoms with Gasteiger partial charge in [0.2, 0.25) is 0 Å². The van der Waals surface area contributed by atoms with E-state index in [2.05, 4.69) is 21.2 Å². The van der Waals surface area contributed by atoms with Crippen LogP contribution in [-0.4, -0.2) is 19.3 Å². The van der Waals surface area contributed by atoms with E-state index in [1.54, 1.807) is 0 Å². The summed E-state index contributed by atoms with van der Waals surface area (Å²) in [6.07, 6.45) is 1.73. The molecule has 0 aromatic heterocycles. The van der Waals surface area contributed by atoms with Gasteiger partial charge in [0.25, 0.3) is 0 Å². The minimum Gasteiger partial charge on any atom is -0.378 e. The van der Waals surface area contributed by atoms with E-state index in [4.69, 9.17) is 4.74 Å². The van der Waals surface area contributed by atoms with Gasteiger partial charge in [0.1, 0.15) is 11.6 Å². The van der Waals surface area contributed by atoms with Gasteiger partial charge in [-0.05, 0) is 54.4 Å². The smallest absolute Gasteiger partial charge is 0.145 e. The maximum absolute atomic E-state index is 14.4. The molecule has 0 radical (unpaired) electrons. The minimum absolute atomic E-state index is 0.00198. The second-order valence-electron chi connectivity index (χ2n) is 5.22. The standard InChI is InChI=1S/C15H20BrF2NO/c1-3-7-19-15(10-6-8-20-9(10)2)13-12(17)5-4-11(16)14(13)18/h4-5,9-10,15,19H,3,6-8H2,1-2H3. The summed E-state index contributed by atoms with van der Waals surface area (Å²) in [4.78, 5) is 0. The summed E-state index contributed by atoms with van der Waals surface area (Å²) in [6.45, 7) is 5.37. The molecule has 1 aromatic carbocycles. The second-order valence-corrected chi connectivity index (χ2v) is 6.07. The summed E-state index contributed by atoms with van der Waals surface area (Å²) in [5, 5.41) is 3.29. The normalized spacial score (nSPS) is 24.1. The fourth-order valence-corrected chi connectivity index (χ4v) is 3.13. The average Bonchev–Trinajstić information content (AvgIpc) is 2.84. The third-order valence-corrected chi connectivity index (χ3v) is 4.48. The summed E-state index contributed by atoms with van der Waals surface area (Å²) in [6, 6.07) is 2.36. The predicted octanol–water partition coefficient (Wildman–Crippen LogP) is 4.19. The van der Waals surface area contributed by atoms with Crippen molar-refractivity contribution in [1.29, 1.82) is 0 Å². The Morgan fingerprint density at radius 3 is 2.80 bits per heavy atom. The zero-order chi connectivity index (χ0) is 14.7. The molecule has 5 heteroatoms.